The fourth-order valence-corrected chi connectivity index (χ4v) is 1.87. The highest BCUT2D eigenvalue weighted by Gasteiger charge is 2.06. The normalized spacial score (nSPS) is 10.4. The quantitative estimate of drug-likeness (QED) is 0.919. The molecule has 4 heteroatoms. The van der Waals surface area contributed by atoms with Gasteiger partial charge in [0.1, 0.15) is 5.75 Å². The molecule has 2 aromatic rings. The molecule has 1 aromatic heterocycles. The maximum atomic E-state index is 9.02. The third-order valence-electron chi connectivity index (χ3n) is 2.61. The SMILES string of the molecule is Cc1cc(Cl)ccc1Oc1ncc(CO)cc1C. The summed E-state index contributed by atoms with van der Waals surface area (Å²) in [4.78, 5) is 4.19. The summed E-state index contributed by atoms with van der Waals surface area (Å²) in [5.74, 6) is 1.27. The van der Waals surface area contributed by atoms with Gasteiger partial charge in [0, 0.05) is 16.8 Å². The van der Waals surface area contributed by atoms with Crippen LogP contribution in [0.5, 0.6) is 11.6 Å². The van der Waals surface area contributed by atoms with E-state index in [9.17, 15) is 0 Å². The van der Waals surface area contributed by atoms with Crippen LogP contribution in [0.1, 0.15) is 16.7 Å². The Bertz CT molecular complexity index is 570. The van der Waals surface area contributed by atoms with Crippen LogP contribution in [0.25, 0.3) is 0 Å². The molecular formula is C14H14ClNO2. The molecule has 0 atom stereocenters. The number of nitrogens with zero attached hydrogens (tertiary/aromatic N) is 1. The number of hydrogen-bond acceptors (Lipinski definition) is 3. The molecule has 0 radical (unpaired) electrons. The molecule has 0 spiro atoms. The van der Waals surface area contributed by atoms with Gasteiger partial charge in [-0.2, -0.15) is 0 Å². The summed E-state index contributed by atoms with van der Waals surface area (Å²) < 4.78 is 5.74. The second-order valence-corrected chi connectivity index (χ2v) is 4.57. The predicted octanol–water partition coefficient (Wildman–Crippen LogP) is 3.64. The van der Waals surface area contributed by atoms with Gasteiger partial charge in [-0.25, -0.2) is 4.98 Å². The number of ether oxygens (including phenoxy) is 1. The van der Waals surface area contributed by atoms with Crippen LogP contribution < -0.4 is 4.74 Å². The molecule has 1 aromatic carbocycles. The maximum absolute atomic E-state index is 9.02. The molecule has 1 N–H and O–H groups in total. The Morgan fingerprint density at radius 1 is 1.22 bits per heavy atom. The smallest absolute Gasteiger partial charge is 0.222 e. The summed E-state index contributed by atoms with van der Waals surface area (Å²) in [6.45, 7) is 3.81. The van der Waals surface area contributed by atoms with Crippen LogP contribution in [0.4, 0.5) is 0 Å². The highest BCUT2D eigenvalue weighted by atomic mass is 35.5. The van der Waals surface area contributed by atoms with Gasteiger partial charge >= 0.3 is 0 Å². The van der Waals surface area contributed by atoms with Crippen molar-refractivity contribution >= 4 is 11.6 Å². The zero-order valence-electron chi connectivity index (χ0n) is 10.3. The maximum Gasteiger partial charge on any atom is 0.222 e. The lowest BCUT2D eigenvalue weighted by Crippen LogP contribution is -1.95. The topological polar surface area (TPSA) is 42.4 Å². The minimum atomic E-state index is -0.0197. The van der Waals surface area contributed by atoms with Gasteiger partial charge in [0.25, 0.3) is 0 Å². The summed E-state index contributed by atoms with van der Waals surface area (Å²) in [6, 6.07) is 7.29. The monoisotopic (exact) mass is 263 g/mol. The van der Waals surface area contributed by atoms with Gasteiger partial charge in [0.2, 0.25) is 5.88 Å². The lowest BCUT2D eigenvalue weighted by Gasteiger charge is -2.10. The average molecular weight is 264 g/mol. The van der Waals surface area contributed by atoms with Crippen molar-refractivity contribution in [2.24, 2.45) is 0 Å². The zero-order valence-corrected chi connectivity index (χ0v) is 11.0. The first-order valence-electron chi connectivity index (χ1n) is 5.60. The second-order valence-electron chi connectivity index (χ2n) is 4.14. The van der Waals surface area contributed by atoms with Gasteiger partial charge in [-0.1, -0.05) is 11.6 Å². The highest BCUT2D eigenvalue weighted by molar-refractivity contribution is 6.30. The number of benzene rings is 1. The Morgan fingerprint density at radius 2 is 2.00 bits per heavy atom. The van der Waals surface area contributed by atoms with Crippen LogP contribution in [0, 0.1) is 13.8 Å². The molecule has 0 bridgehead atoms. The third-order valence-corrected chi connectivity index (χ3v) is 2.85. The summed E-state index contributed by atoms with van der Waals surface area (Å²) in [5, 5.41) is 9.70. The fraction of sp³-hybridized carbons (Fsp3) is 0.214. The molecule has 0 aliphatic carbocycles. The van der Waals surface area contributed by atoms with Gasteiger partial charge in [-0.3, -0.25) is 0 Å². The van der Waals surface area contributed by atoms with E-state index < -0.39 is 0 Å². The van der Waals surface area contributed by atoms with Crippen molar-refractivity contribution in [3.8, 4) is 11.6 Å². The standard InChI is InChI=1S/C14H14ClNO2/c1-9-6-12(15)3-4-13(9)18-14-10(2)5-11(8-17)7-16-14/h3-7,17H,8H2,1-2H3. The Labute approximate surface area is 111 Å². The Balaban J connectivity index is 2.28. The third kappa shape index (κ3) is 2.81. The Morgan fingerprint density at radius 3 is 2.61 bits per heavy atom. The van der Waals surface area contributed by atoms with E-state index in [1.165, 1.54) is 0 Å². The largest absolute Gasteiger partial charge is 0.438 e. The van der Waals surface area contributed by atoms with E-state index in [2.05, 4.69) is 4.98 Å². The average Bonchev–Trinajstić information content (AvgIpc) is 2.34. The minimum Gasteiger partial charge on any atom is -0.438 e. The number of aliphatic hydroxyl groups excluding tert-OH is 1. The van der Waals surface area contributed by atoms with Crippen molar-refractivity contribution in [1.29, 1.82) is 0 Å². The number of pyridine rings is 1. The number of hydrogen-bond donors (Lipinski definition) is 1. The first-order valence-corrected chi connectivity index (χ1v) is 5.98. The first-order chi connectivity index (χ1) is 8.60. The molecule has 0 saturated carbocycles. The van der Waals surface area contributed by atoms with Gasteiger partial charge in [-0.15, -0.1) is 0 Å². The van der Waals surface area contributed by atoms with Gasteiger partial charge < -0.3 is 9.84 Å². The van der Waals surface area contributed by atoms with Gasteiger partial charge in [-0.05, 0) is 49.2 Å². The molecule has 2 rings (SSSR count). The number of aliphatic hydroxyl groups is 1. The van der Waals surface area contributed by atoms with Crippen molar-refractivity contribution in [2.75, 3.05) is 0 Å². The molecule has 18 heavy (non-hydrogen) atoms. The fourth-order valence-electron chi connectivity index (χ4n) is 1.65. The van der Waals surface area contributed by atoms with Crippen LogP contribution in [-0.2, 0) is 6.61 Å². The van der Waals surface area contributed by atoms with Crippen LogP contribution in [-0.4, -0.2) is 10.1 Å². The number of aryl methyl sites for hydroxylation is 2. The summed E-state index contributed by atoms with van der Waals surface area (Å²) >= 11 is 5.89. The van der Waals surface area contributed by atoms with E-state index in [0.29, 0.717) is 10.9 Å². The summed E-state index contributed by atoms with van der Waals surface area (Å²) in [6.07, 6.45) is 1.60. The van der Waals surface area contributed by atoms with E-state index in [1.54, 1.807) is 12.3 Å². The summed E-state index contributed by atoms with van der Waals surface area (Å²) in [7, 11) is 0. The molecule has 0 unspecified atom stereocenters. The summed E-state index contributed by atoms with van der Waals surface area (Å²) in [5.41, 5.74) is 2.61. The molecule has 0 aliphatic heterocycles. The molecule has 0 amide bonds. The molecule has 0 aliphatic rings. The molecule has 1 heterocycles. The van der Waals surface area contributed by atoms with Crippen molar-refractivity contribution in [3.05, 3.63) is 52.2 Å². The van der Waals surface area contributed by atoms with E-state index in [-0.39, 0.29) is 6.61 Å². The molecule has 3 nitrogen and oxygen atoms in total. The first kappa shape index (κ1) is 12.9. The molecule has 94 valence electrons. The minimum absolute atomic E-state index is 0.0197. The predicted molar refractivity (Wildman–Crippen MR) is 71.2 cm³/mol. The van der Waals surface area contributed by atoms with Crippen LogP contribution in [0.3, 0.4) is 0 Å². The molecule has 0 saturated heterocycles. The van der Waals surface area contributed by atoms with E-state index in [1.807, 2.05) is 32.0 Å². The van der Waals surface area contributed by atoms with E-state index in [0.717, 1.165) is 22.4 Å². The van der Waals surface area contributed by atoms with E-state index in [4.69, 9.17) is 21.4 Å². The lowest BCUT2D eigenvalue weighted by molar-refractivity contribution is 0.281. The van der Waals surface area contributed by atoms with Crippen molar-refractivity contribution < 1.29 is 9.84 Å². The van der Waals surface area contributed by atoms with Crippen molar-refractivity contribution in [1.82, 2.24) is 4.98 Å². The van der Waals surface area contributed by atoms with Crippen LogP contribution in [0.15, 0.2) is 30.5 Å². The zero-order chi connectivity index (χ0) is 13.1. The molecular weight excluding hydrogens is 250 g/mol. The van der Waals surface area contributed by atoms with Gasteiger partial charge in [0.15, 0.2) is 0 Å². The Hall–Kier alpha value is -1.58. The second kappa shape index (κ2) is 5.38. The van der Waals surface area contributed by atoms with Crippen molar-refractivity contribution in [2.45, 2.75) is 20.5 Å². The van der Waals surface area contributed by atoms with Crippen molar-refractivity contribution in [3.63, 3.8) is 0 Å². The number of aromatic nitrogens is 1. The Kier molecular flexibility index (Phi) is 3.84. The molecule has 0 fully saturated rings. The van der Waals surface area contributed by atoms with Crippen LogP contribution in [0.2, 0.25) is 5.02 Å². The number of rotatable bonds is 3. The van der Waals surface area contributed by atoms with Crippen LogP contribution >= 0.6 is 11.6 Å². The van der Waals surface area contributed by atoms with Gasteiger partial charge in [0.05, 0.1) is 6.61 Å². The highest BCUT2D eigenvalue weighted by Crippen LogP contribution is 2.28. The lowest BCUT2D eigenvalue weighted by atomic mass is 10.2. The van der Waals surface area contributed by atoms with E-state index >= 15 is 0 Å². The number of halogens is 1.